The van der Waals surface area contributed by atoms with E-state index < -0.39 is 47.5 Å². The van der Waals surface area contributed by atoms with Gasteiger partial charge in [0.25, 0.3) is 0 Å². The van der Waals surface area contributed by atoms with Gasteiger partial charge < -0.3 is 24.5 Å². The Bertz CT molecular complexity index is 2440. The van der Waals surface area contributed by atoms with Gasteiger partial charge in [-0.25, -0.2) is 13.6 Å². The molecule has 0 aromatic heterocycles. The third-order valence-electron chi connectivity index (χ3n) is 12.5. The Morgan fingerprint density at radius 2 is 0.884 bits per heavy atom. The van der Waals surface area contributed by atoms with Gasteiger partial charge in [0.15, 0.2) is 0 Å². The molecule has 2 heterocycles. The van der Waals surface area contributed by atoms with Gasteiger partial charge in [0.1, 0.15) is 23.2 Å². The fourth-order valence-electron chi connectivity index (χ4n) is 8.61. The molecule has 2 aliphatic carbocycles. The molecule has 8 nitrogen and oxygen atoms in total. The van der Waals surface area contributed by atoms with E-state index in [4.69, 9.17) is 9.47 Å². The maximum atomic E-state index is 13.7. The van der Waals surface area contributed by atoms with Crippen molar-refractivity contribution in [2.24, 2.45) is 21.8 Å². The van der Waals surface area contributed by atoms with Crippen molar-refractivity contribution in [1.82, 2.24) is 0 Å². The van der Waals surface area contributed by atoms with E-state index in [0.29, 0.717) is 11.4 Å². The first kappa shape index (κ1) is 52.4. The number of allylic oxidation sites excluding steroid dienone is 6. The number of carboxylic acids is 2. The Labute approximate surface area is 427 Å². The summed E-state index contributed by atoms with van der Waals surface area (Å²) in [5.74, 6) is -2.73. The van der Waals surface area contributed by atoms with Crippen LogP contribution < -0.4 is 44.1 Å². The first-order valence-electron chi connectivity index (χ1n) is 23.9. The summed E-state index contributed by atoms with van der Waals surface area (Å²) in [4.78, 5) is 32.7. The van der Waals surface area contributed by atoms with Gasteiger partial charge in [0, 0.05) is 17.4 Å². The van der Waals surface area contributed by atoms with Crippen molar-refractivity contribution in [3.63, 3.8) is 0 Å². The first-order valence-corrected chi connectivity index (χ1v) is 23.9. The Hall–Kier alpha value is -5.94. The van der Waals surface area contributed by atoms with E-state index in [2.05, 4.69) is 23.8 Å². The summed E-state index contributed by atoms with van der Waals surface area (Å²) in [7, 11) is 0. The molecule has 0 radical (unpaired) electrons. The molecule has 352 valence electrons. The van der Waals surface area contributed by atoms with Crippen molar-refractivity contribution in [2.75, 3.05) is 13.2 Å². The summed E-state index contributed by atoms with van der Waals surface area (Å²) >= 11 is 0. The molecule has 0 bridgehead atoms. The molecule has 11 heteroatoms. The Balaban J connectivity index is 0.000000224. The fraction of sp³-hybridized carbons (Fsp3) is 0.310. The molecular weight excluding hydrogens is 882 g/mol. The van der Waals surface area contributed by atoms with Crippen molar-refractivity contribution in [3.05, 3.63) is 180 Å². The molecule has 0 amide bonds. The average molecular weight is 941 g/mol. The van der Waals surface area contributed by atoms with E-state index in [1.54, 1.807) is 18.2 Å². The molecule has 1 N–H and O–H groups in total. The standard InChI is InChI=1S/2C29H30FNO3.Na/c2*1-2-3-4-5-6-17-34-24-14-11-21(12-15-24)20-7-9-22(10-8-20)28-19-26(29(32)33)25-18-23(30)13-16-27(25)31-28;/h2*7-16,18-19,25,27H,2-6,17H2,1H3,(H,32,33);/q;;+1/p-1. The van der Waals surface area contributed by atoms with Crippen LogP contribution in [0.3, 0.4) is 0 Å². The van der Waals surface area contributed by atoms with Crippen LogP contribution in [-0.4, -0.2) is 53.8 Å². The van der Waals surface area contributed by atoms with Crippen LogP contribution in [0.15, 0.2) is 178 Å². The van der Waals surface area contributed by atoms with Crippen LogP contribution in [0.25, 0.3) is 22.3 Å². The predicted octanol–water partition coefficient (Wildman–Crippen LogP) is 9.52. The van der Waals surface area contributed by atoms with Gasteiger partial charge >= 0.3 is 35.5 Å². The Morgan fingerprint density at radius 1 is 0.536 bits per heavy atom. The molecule has 4 atom stereocenters. The van der Waals surface area contributed by atoms with E-state index in [0.717, 1.165) is 70.9 Å². The van der Waals surface area contributed by atoms with Gasteiger partial charge in [-0.3, -0.25) is 9.98 Å². The molecule has 0 spiro atoms. The molecule has 4 aromatic rings. The third-order valence-corrected chi connectivity index (χ3v) is 12.5. The number of aliphatic imine (C=N–C) groups is 2. The third kappa shape index (κ3) is 14.5. The number of aliphatic carboxylic acids is 2. The Morgan fingerprint density at radius 3 is 1.26 bits per heavy atom. The second kappa shape index (κ2) is 26.2. The minimum absolute atomic E-state index is 0. The predicted molar refractivity (Wildman–Crippen MR) is 265 cm³/mol. The number of hydrogen-bond acceptors (Lipinski definition) is 7. The van der Waals surface area contributed by atoms with Crippen LogP contribution >= 0.6 is 0 Å². The maximum absolute atomic E-state index is 13.7. The summed E-state index contributed by atoms with van der Waals surface area (Å²) in [6.45, 7) is 5.90. The van der Waals surface area contributed by atoms with Gasteiger partial charge in [-0.15, -0.1) is 0 Å². The largest absolute Gasteiger partial charge is 1.00 e. The maximum Gasteiger partial charge on any atom is 1.00 e. The van der Waals surface area contributed by atoms with Crippen LogP contribution in [0.4, 0.5) is 8.78 Å². The first-order chi connectivity index (χ1) is 33.1. The number of benzene rings is 4. The number of dihydropyridines is 2. The number of fused-ring (bicyclic) bond motifs is 2. The molecule has 2 aliphatic heterocycles. The number of rotatable bonds is 20. The molecule has 0 saturated carbocycles. The quantitative estimate of drug-likeness (QED) is 0.0697. The zero-order valence-corrected chi connectivity index (χ0v) is 41.8. The molecule has 8 rings (SSSR count). The summed E-state index contributed by atoms with van der Waals surface area (Å²) in [6, 6.07) is 30.9. The van der Waals surface area contributed by atoms with Crippen molar-refractivity contribution in [3.8, 4) is 33.8 Å². The minimum atomic E-state index is -1.30. The van der Waals surface area contributed by atoms with Crippen LogP contribution in [-0.2, 0) is 9.59 Å². The smallest absolute Gasteiger partial charge is 0.545 e. The van der Waals surface area contributed by atoms with Gasteiger partial charge in [-0.05, 0) is 113 Å². The second-order valence-corrected chi connectivity index (χ2v) is 17.4. The summed E-state index contributed by atoms with van der Waals surface area (Å²) in [5, 5.41) is 21.3. The molecule has 69 heavy (non-hydrogen) atoms. The normalized spacial score (nSPS) is 18.8. The number of ether oxygens (including phenoxy) is 2. The molecule has 4 aromatic carbocycles. The SMILES string of the molecule is CCCCCCCOc1ccc(-c2ccc(C3=NC4C=CC(F)=CC4C(C(=O)O)=C3)cc2)cc1.CCCCCCCOc1ccc(-c2ccc(C3=NC4C=CC(F)=CC4C(C(=O)[O-])=C3)cc2)cc1.[Na+]. The molecule has 4 aliphatic rings. The van der Waals surface area contributed by atoms with Gasteiger partial charge in [-0.1, -0.05) is 150 Å². The van der Waals surface area contributed by atoms with E-state index in [1.807, 2.05) is 97.1 Å². The van der Waals surface area contributed by atoms with E-state index in [9.17, 15) is 28.6 Å². The minimum Gasteiger partial charge on any atom is -0.545 e. The van der Waals surface area contributed by atoms with Crippen molar-refractivity contribution < 1.29 is 67.6 Å². The van der Waals surface area contributed by atoms with Crippen molar-refractivity contribution >= 4 is 23.4 Å². The average Bonchev–Trinajstić information content (AvgIpc) is 3.36. The van der Waals surface area contributed by atoms with Gasteiger partial charge in [0.05, 0.1) is 42.7 Å². The second-order valence-electron chi connectivity index (χ2n) is 17.4. The number of carbonyl (C=O) groups is 2. The zero-order chi connectivity index (χ0) is 47.8. The number of halogens is 2. The van der Waals surface area contributed by atoms with Crippen LogP contribution in [0.5, 0.6) is 11.5 Å². The summed E-state index contributed by atoms with van der Waals surface area (Å²) in [6.07, 6.45) is 23.7. The van der Waals surface area contributed by atoms with Crippen LogP contribution in [0.2, 0.25) is 0 Å². The van der Waals surface area contributed by atoms with Crippen molar-refractivity contribution in [2.45, 2.75) is 90.1 Å². The number of nitrogens with zero attached hydrogens (tertiary/aromatic N) is 2. The van der Waals surface area contributed by atoms with E-state index in [-0.39, 0.29) is 40.7 Å². The fourth-order valence-corrected chi connectivity index (χ4v) is 8.61. The molecule has 4 unspecified atom stereocenters. The molecular formula is C58H59F2N2NaO6. The van der Waals surface area contributed by atoms with E-state index in [1.165, 1.54) is 81.7 Å². The summed E-state index contributed by atoms with van der Waals surface area (Å²) < 4.78 is 39.0. The van der Waals surface area contributed by atoms with E-state index >= 15 is 0 Å². The van der Waals surface area contributed by atoms with Crippen LogP contribution in [0, 0.1) is 11.8 Å². The number of hydrogen-bond donors (Lipinski definition) is 1. The topological polar surface area (TPSA) is 121 Å². The van der Waals surface area contributed by atoms with Gasteiger partial charge in [0.2, 0.25) is 0 Å². The number of carbonyl (C=O) groups excluding carboxylic acids is 1. The zero-order valence-electron chi connectivity index (χ0n) is 39.8. The van der Waals surface area contributed by atoms with Crippen LogP contribution in [0.1, 0.15) is 89.2 Å². The van der Waals surface area contributed by atoms with Crippen molar-refractivity contribution in [1.29, 1.82) is 0 Å². The number of unbranched alkanes of at least 4 members (excludes halogenated alkanes) is 8. The monoisotopic (exact) mass is 940 g/mol. The summed E-state index contributed by atoms with van der Waals surface area (Å²) in [5.41, 5.74) is 7.19. The Kier molecular flexibility index (Phi) is 19.9. The molecule has 0 saturated heterocycles. The molecule has 0 fully saturated rings. The van der Waals surface area contributed by atoms with Gasteiger partial charge in [-0.2, -0.15) is 0 Å². The number of carboxylic acid groups (broad SMARTS) is 2.